The van der Waals surface area contributed by atoms with E-state index in [0.717, 1.165) is 30.4 Å². The standard InChI is InChI=1S/C25H29ClN4O3/c1-2-18-6-7-23-19(14-18)15-20(24(31)28-23)17-30(9-8-29-10-12-33-13-11-29)25(32)27-22-5-3-4-21(26)16-22/h3-7,14-16H,2,8-13,17H2,1H3,(H,27,32)(H,28,31). The minimum Gasteiger partial charge on any atom is -0.379 e. The first kappa shape index (κ1) is 23.3. The highest BCUT2D eigenvalue weighted by molar-refractivity contribution is 6.30. The highest BCUT2D eigenvalue weighted by Crippen LogP contribution is 2.18. The van der Waals surface area contributed by atoms with Gasteiger partial charge in [-0.15, -0.1) is 0 Å². The fourth-order valence-corrected chi connectivity index (χ4v) is 4.14. The first-order valence-electron chi connectivity index (χ1n) is 11.3. The molecule has 2 amide bonds. The molecule has 1 fully saturated rings. The summed E-state index contributed by atoms with van der Waals surface area (Å²) in [5.41, 5.74) is 2.98. The van der Waals surface area contributed by atoms with Gasteiger partial charge in [0.1, 0.15) is 0 Å². The van der Waals surface area contributed by atoms with Gasteiger partial charge in [0, 0.05) is 48.0 Å². The van der Waals surface area contributed by atoms with Crippen LogP contribution in [-0.4, -0.2) is 60.2 Å². The Labute approximate surface area is 198 Å². The largest absolute Gasteiger partial charge is 0.379 e. The summed E-state index contributed by atoms with van der Waals surface area (Å²) in [6.45, 7) is 6.55. The molecule has 0 bridgehead atoms. The van der Waals surface area contributed by atoms with Gasteiger partial charge in [-0.3, -0.25) is 9.69 Å². The quantitative estimate of drug-likeness (QED) is 0.547. The van der Waals surface area contributed by atoms with E-state index in [1.54, 1.807) is 29.2 Å². The molecule has 0 spiro atoms. The Morgan fingerprint density at radius 3 is 2.76 bits per heavy atom. The Morgan fingerprint density at radius 1 is 1.18 bits per heavy atom. The summed E-state index contributed by atoms with van der Waals surface area (Å²) in [5, 5.41) is 4.42. The van der Waals surface area contributed by atoms with E-state index in [0.29, 0.717) is 42.6 Å². The second-order valence-electron chi connectivity index (χ2n) is 8.21. The summed E-state index contributed by atoms with van der Waals surface area (Å²) in [6.07, 6.45) is 0.915. The number of nitrogens with zero attached hydrogens (tertiary/aromatic N) is 2. The molecule has 1 aliphatic heterocycles. The van der Waals surface area contributed by atoms with E-state index in [2.05, 4.69) is 28.2 Å². The van der Waals surface area contributed by atoms with Crippen LogP contribution >= 0.6 is 11.6 Å². The number of ether oxygens (including phenoxy) is 1. The molecule has 7 nitrogen and oxygen atoms in total. The zero-order valence-corrected chi connectivity index (χ0v) is 19.5. The molecule has 3 aromatic rings. The second-order valence-corrected chi connectivity index (χ2v) is 8.65. The van der Waals surface area contributed by atoms with Gasteiger partial charge in [-0.05, 0) is 53.8 Å². The predicted molar refractivity (Wildman–Crippen MR) is 132 cm³/mol. The van der Waals surface area contributed by atoms with Crippen LogP contribution in [0.5, 0.6) is 0 Å². The third-order valence-corrected chi connectivity index (χ3v) is 6.14. The molecule has 0 unspecified atom stereocenters. The van der Waals surface area contributed by atoms with Crippen molar-refractivity contribution in [3.8, 4) is 0 Å². The number of amides is 2. The van der Waals surface area contributed by atoms with Crippen LogP contribution in [0.3, 0.4) is 0 Å². The van der Waals surface area contributed by atoms with Crippen molar-refractivity contribution >= 4 is 34.2 Å². The number of halogens is 1. The van der Waals surface area contributed by atoms with Gasteiger partial charge in [0.2, 0.25) is 0 Å². The molecule has 0 aliphatic carbocycles. The van der Waals surface area contributed by atoms with Crippen LogP contribution in [0.2, 0.25) is 5.02 Å². The van der Waals surface area contributed by atoms with E-state index in [-0.39, 0.29) is 18.1 Å². The Bertz CT molecular complexity index is 1170. The number of carbonyl (C=O) groups excluding carboxylic acids is 1. The second kappa shape index (κ2) is 10.8. The van der Waals surface area contributed by atoms with Crippen LogP contribution in [0.4, 0.5) is 10.5 Å². The third kappa shape index (κ3) is 6.13. The van der Waals surface area contributed by atoms with E-state index >= 15 is 0 Å². The fraction of sp³-hybridized carbons (Fsp3) is 0.360. The maximum Gasteiger partial charge on any atom is 0.322 e. The van der Waals surface area contributed by atoms with E-state index in [1.165, 1.54) is 5.56 Å². The number of nitrogens with one attached hydrogen (secondary N) is 2. The molecular weight excluding hydrogens is 440 g/mol. The summed E-state index contributed by atoms with van der Waals surface area (Å²) in [4.78, 5) is 32.9. The molecule has 0 saturated carbocycles. The summed E-state index contributed by atoms with van der Waals surface area (Å²) >= 11 is 6.07. The lowest BCUT2D eigenvalue weighted by Gasteiger charge is -2.30. The van der Waals surface area contributed by atoms with Crippen LogP contribution in [0.15, 0.2) is 53.3 Å². The van der Waals surface area contributed by atoms with Crippen molar-refractivity contribution in [1.82, 2.24) is 14.8 Å². The maximum absolute atomic E-state index is 13.2. The van der Waals surface area contributed by atoms with Gasteiger partial charge < -0.3 is 19.9 Å². The Hall–Kier alpha value is -2.87. The molecule has 2 N–H and O–H groups in total. The molecular formula is C25H29ClN4O3. The number of fused-ring (bicyclic) bond motifs is 1. The zero-order valence-electron chi connectivity index (χ0n) is 18.8. The van der Waals surface area contributed by atoms with Gasteiger partial charge in [0.15, 0.2) is 0 Å². The summed E-state index contributed by atoms with van der Waals surface area (Å²) in [7, 11) is 0. The number of aromatic nitrogens is 1. The van der Waals surface area contributed by atoms with E-state index in [9.17, 15) is 9.59 Å². The van der Waals surface area contributed by atoms with Crippen molar-refractivity contribution in [3.63, 3.8) is 0 Å². The van der Waals surface area contributed by atoms with Gasteiger partial charge in [0.05, 0.1) is 19.8 Å². The van der Waals surface area contributed by atoms with Crippen LogP contribution in [-0.2, 0) is 17.7 Å². The minimum absolute atomic E-state index is 0.182. The van der Waals surface area contributed by atoms with E-state index in [1.807, 2.05) is 18.2 Å². The van der Waals surface area contributed by atoms with Gasteiger partial charge in [-0.25, -0.2) is 4.79 Å². The highest BCUT2D eigenvalue weighted by Gasteiger charge is 2.19. The van der Waals surface area contributed by atoms with Gasteiger partial charge in [0.25, 0.3) is 5.56 Å². The lowest BCUT2D eigenvalue weighted by molar-refractivity contribution is 0.0349. The summed E-state index contributed by atoms with van der Waals surface area (Å²) in [5.74, 6) is 0. The van der Waals surface area contributed by atoms with Crippen LogP contribution < -0.4 is 10.9 Å². The number of rotatable bonds is 7. The first-order chi connectivity index (χ1) is 16.0. The molecule has 8 heteroatoms. The lowest BCUT2D eigenvalue weighted by atomic mass is 10.1. The minimum atomic E-state index is -0.271. The number of hydrogen-bond donors (Lipinski definition) is 2. The number of urea groups is 1. The molecule has 1 aromatic heterocycles. The van der Waals surface area contributed by atoms with Crippen molar-refractivity contribution < 1.29 is 9.53 Å². The Balaban J connectivity index is 1.56. The first-order valence-corrected chi connectivity index (χ1v) is 11.7. The molecule has 2 heterocycles. The lowest BCUT2D eigenvalue weighted by Crippen LogP contribution is -2.44. The number of benzene rings is 2. The molecule has 174 valence electrons. The number of anilines is 1. The number of morpholine rings is 1. The van der Waals surface area contributed by atoms with Crippen molar-refractivity contribution in [2.24, 2.45) is 0 Å². The summed E-state index contributed by atoms with van der Waals surface area (Å²) < 4.78 is 5.42. The number of hydrogen-bond acceptors (Lipinski definition) is 4. The SMILES string of the molecule is CCc1ccc2[nH]c(=O)c(CN(CCN3CCOCC3)C(=O)Nc3cccc(Cl)c3)cc2c1. The Morgan fingerprint density at radius 2 is 2.00 bits per heavy atom. The molecule has 4 rings (SSSR count). The molecule has 0 atom stereocenters. The molecule has 33 heavy (non-hydrogen) atoms. The van der Waals surface area contributed by atoms with Gasteiger partial charge in [-0.2, -0.15) is 0 Å². The average molecular weight is 469 g/mol. The number of pyridine rings is 1. The average Bonchev–Trinajstić information content (AvgIpc) is 2.82. The number of aryl methyl sites for hydroxylation is 1. The van der Waals surface area contributed by atoms with Crippen LogP contribution in [0.1, 0.15) is 18.1 Å². The highest BCUT2D eigenvalue weighted by atomic mass is 35.5. The molecule has 2 aromatic carbocycles. The van der Waals surface area contributed by atoms with Crippen molar-refractivity contribution in [1.29, 1.82) is 0 Å². The van der Waals surface area contributed by atoms with Crippen molar-refractivity contribution in [2.45, 2.75) is 19.9 Å². The van der Waals surface area contributed by atoms with Crippen LogP contribution in [0.25, 0.3) is 10.9 Å². The zero-order chi connectivity index (χ0) is 23.2. The summed E-state index contributed by atoms with van der Waals surface area (Å²) in [6, 6.07) is 14.7. The number of H-pyrrole nitrogens is 1. The van der Waals surface area contributed by atoms with E-state index in [4.69, 9.17) is 16.3 Å². The van der Waals surface area contributed by atoms with Crippen molar-refractivity contribution in [3.05, 3.63) is 75.0 Å². The van der Waals surface area contributed by atoms with Gasteiger partial charge >= 0.3 is 6.03 Å². The monoisotopic (exact) mass is 468 g/mol. The number of aromatic amines is 1. The predicted octanol–water partition coefficient (Wildman–Crippen LogP) is 4.11. The molecule has 1 saturated heterocycles. The van der Waals surface area contributed by atoms with Crippen LogP contribution in [0, 0.1) is 0 Å². The third-order valence-electron chi connectivity index (χ3n) is 5.91. The maximum atomic E-state index is 13.2. The molecule has 1 aliphatic rings. The fourth-order valence-electron chi connectivity index (χ4n) is 3.95. The van der Waals surface area contributed by atoms with E-state index < -0.39 is 0 Å². The normalized spacial score (nSPS) is 14.4. The van der Waals surface area contributed by atoms with Crippen molar-refractivity contribution in [2.75, 3.05) is 44.7 Å². The number of carbonyl (C=O) groups is 1. The smallest absolute Gasteiger partial charge is 0.322 e. The van der Waals surface area contributed by atoms with Gasteiger partial charge in [-0.1, -0.05) is 30.7 Å². The Kier molecular flexibility index (Phi) is 7.65. The molecule has 0 radical (unpaired) electrons. The topological polar surface area (TPSA) is 77.7 Å².